The minimum absolute atomic E-state index is 0.573. The number of fused-ring (bicyclic) bond motifs is 1. The number of hydrogen-bond acceptors (Lipinski definition) is 3. The van der Waals surface area contributed by atoms with Gasteiger partial charge in [-0.05, 0) is 37.8 Å². The van der Waals surface area contributed by atoms with Gasteiger partial charge in [-0.15, -0.1) is 0 Å². The second kappa shape index (κ2) is 6.07. The first-order valence-electron chi connectivity index (χ1n) is 8.54. The van der Waals surface area contributed by atoms with Gasteiger partial charge in [-0.2, -0.15) is 0 Å². The topological polar surface area (TPSA) is 15.7 Å². The first kappa shape index (κ1) is 13.7. The quantitative estimate of drug-likeness (QED) is 0.831. The summed E-state index contributed by atoms with van der Waals surface area (Å²) < 4.78 is 5.58. The zero-order valence-corrected chi connectivity index (χ0v) is 12.8. The third-order valence-electron chi connectivity index (χ3n) is 5.57. The molecule has 21 heavy (non-hydrogen) atoms. The Balaban J connectivity index is 1.59. The molecule has 0 aliphatic carbocycles. The number of ether oxygens (including phenoxy) is 1. The van der Waals surface area contributed by atoms with Gasteiger partial charge >= 0.3 is 0 Å². The van der Waals surface area contributed by atoms with Gasteiger partial charge in [-0.1, -0.05) is 30.3 Å². The summed E-state index contributed by atoms with van der Waals surface area (Å²) in [6.07, 6.45) is 5.18. The van der Waals surface area contributed by atoms with Crippen LogP contribution in [0.2, 0.25) is 0 Å². The zero-order valence-electron chi connectivity index (χ0n) is 12.8. The molecule has 0 aromatic heterocycles. The summed E-state index contributed by atoms with van der Waals surface area (Å²) >= 11 is 0. The van der Waals surface area contributed by atoms with Crippen molar-refractivity contribution in [1.82, 2.24) is 9.80 Å². The summed E-state index contributed by atoms with van der Waals surface area (Å²) in [6, 6.07) is 13.2. The highest BCUT2D eigenvalue weighted by Gasteiger charge is 2.39. The fourth-order valence-electron chi connectivity index (χ4n) is 4.43. The van der Waals surface area contributed by atoms with Gasteiger partial charge in [0.05, 0.1) is 0 Å². The number of piperazine rings is 1. The average molecular weight is 286 g/mol. The van der Waals surface area contributed by atoms with E-state index in [0.29, 0.717) is 12.1 Å². The van der Waals surface area contributed by atoms with Crippen molar-refractivity contribution in [2.45, 2.75) is 43.8 Å². The lowest BCUT2D eigenvalue weighted by molar-refractivity contribution is -0.0269. The monoisotopic (exact) mass is 286 g/mol. The largest absolute Gasteiger partial charge is 0.381 e. The molecule has 1 aromatic rings. The van der Waals surface area contributed by atoms with Crippen LogP contribution in [-0.2, 0) is 4.74 Å². The fourth-order valence-corrected chi connectivity index (χ4v) is 4.43. The highest BCUT2D eigenvalue weighted by molar-refractivity contribution is 5.21. The Labute approximate surface area is 127 Å². The van der Waals surface area contributed by atoms with Gasteiger partial charge in [0.1, 0.15) is 0 Å². The zero-order chi connectivity index (χ0) is 14.1. The van der Waals surface area contributed by atoms with E-state index >= 15 is 0 Å². The molecule has 0 bridgehead atoms. The Hall–Kier alpha value is -0.900. The molecule has 2 atom stereocenters. The first-order valence-corrected chi connectivity index (χ1v) is 8.54. The second-order valence-electron chi connectivity index (χ2n) is 6.76. The maximum atomic E-state index is 5.58. The van der Waals surface area contributed by atoms with Crippen LogP contribution < -0.4 is 0 Å². The Bertz CT molecular complexity index is 458. The SMILES string of the molecule is c1ccc(C2CN3CCCC3CN2C2CCOCC2)cc1. The van der Waals surface area contributed by atoms with Crippen molar-refractivity contribution < 1.29 is 4.74 Å². The lowest BCUT2D eigenvalue weighted by Crippen LogP contribution is -2.55. The Morgan fingerprint density at radius 3 is 2.52 bits per heavy atom. The summed E-state index contributed by atoms with van der Waals surface area (Å²) in [4.78, 5) is 5.54. The van der Waals surface area contributed by atoms with E-state index in [-0.39, 0.29) is 0 Å². The first-order chi connectivity index (χ1) is 10.4. The molecule has 3 aliphatic heterocycles. The van der Waals surface area contributed by atoms with Crippen molar-refractivity contribution in [3.05, 3.63) is 35.9 Å². The minimum atomic E-state index is 0.573. The molecule has 3 nitrogen and oxygen atoms in total. The smallest absolute Gasteiger partial charge is 0.0480 e. The van der Waals surface area contributed by atoms with Crippen LogP contribution in [0.3, 0.4) is 0 Å². The molecule has 0 radical (unpaired) electrons. The van der Waals surface area contributed by atoms with Gasteiger partial charge in [0.2, 0.25) is 0 Å². The molecule has 0 spiro atoms. The number of rotatable bonds is 2. The second-order valence-corrected chi connectivity index (χ2v) is 6.76. The maximum absolute atomic E-state index is 5.58. The van der Waals surface area contributed by atoms with E-state index in [1.165, 1.54) is 50.9 Å². The highest BCUT2D eigenvalue weighted by atomic mass is 16.5. The van der Waals surface area contributed by atoms with E-state index in [9.17, 15) is 0 Å². The summed E-state index contributed by atoms with van der Waals surface area (Å²) in [6.45, 7) is 5.65. The van der Waals surface area contributed by atoms with Crippen LogP contribution in [0.15, 0.2) is 30.3 Å². The van der Waals surface area contributed by atoms with Gasteiger partial charge in [0, 0.05) is 44.4 Å². The Kier molecular flexibility index (Phi) is 3.97. The molecule has 1 aromatic carbocycles. The number of benzene rings is 1. The van der Waals surface area contributed by atoms with E-state index in [1.54, 1.807) is 0 Å². The normalized spacial score (nSPS) is 32.2. The molecular formula is C18H26N2O. The molecule has 4 rings (SSSR count). The van der Waals surface area contributed by atoms with Gasteiger partial charge < -0.3 is 4.74 Å². The fraction of sp³-hybridized carbons (Fsp3) is 0.667. The van der Waals surface area contributed by atoms with Crippen LogP contribution in [0.25, 0.3) is 0 Å². The predicted molar refractivity (Wildman–Crippen MR) is 84.3 cm³/mol. The summed E-state index contributed by atoms with van der Waals surface area (Å²) in [7, 11) is 0. The molecule has 3 saturated heterocycles. The molecule has 2 unspecified atom stereocenters. The Morgan fingerprint density at radius 1 is 0.905 bits per heavy atom. The maximum Gasteiger partial charge on any atom is 0.0480 e. The minimum Gasteiger partial charge on any atom is -0.381 e. The van der Waals surface area contributed by atoms with Crippen LogP contribution in [0.4, 0.5) is 0 Å². The summed E-state index contributed by atoms with van der Waals surface area (Å²) in [5.74, 6) is 0. The number of nitrogens with zero attached hydrogens (tertiary/aromatic N) is 2. The van der Waals surface area contributed by atoms with Crippen LogP contribution in [0.5, 0.6) is 0 Å². The van der Waals surface area contributed by atoms with Gasteiger partial charge in [0.15, 0.2) is 0 Å². The van der Waals surface area contributed by atoms with E-state index in [2.05, 4.69) is 40.1 Å². The van der Waals surface area contributed by atoms with Crippen LogP contribution in [0, 0.1) is 0 Å². The van der Waals surface area contributed by atoms with Crippen molar-refractivity contribution in [2.75, 3.05) is 32.8 Å². The third-order valence-corrected chi connectivity index (χ3v) is 5.57. The molecule has 0 saturated carbocycles. The molecule has 3 heterocycles. The van der Waals surface area contributed by atoms with E-state index in [4.69, 9.17) is 4.74 Å². The standard InChI is InChI=1S/C18H26N2O/c1-2-5-15(6-3-1)18-14-19-10-4-7-17(19)13-20(18)16-8-11-21-12-9-16/h1-3,5-6,16-18H,4,7-14H2. The molecular weight excluding hydrogens is 260 g/mol. The van der Waals surface area contributed by atoms with Crippen LogP contribution >= 0.6 is 0 Å². The summed E-state index contributed by atoms with van der Waals surface area (Å²) in [5.41, 5.74) is 1.49. The van der Waals surface area contributed by atoms with Crippen molar-refractivity contribution in [3.63, 3.8) is 0 Å². The van der Waals surface area contributed by atoms with Gasteiger partial charge in [-0.25, -0.2) is 0 Å². The molecule has 3 heteroatoms. The van der Waals surface area contributed by atoms with E-state index < -0.39 is 0 Å². The lowest BCUT2D eigenvalue weighted by Gasteiger charge is -2.48. The summed E-state index contributed by atoms with van der Waals surface area (Å²) in [5, 5.41) is 0. The molecule has 3 aliphatic rings. The molecule has 0 amide bonds. The van der Waals surface area contributed by atoms with Crippen molar-refractivity contribution in [2.24, 2.45) is 0 Å². The van der Waals surface area contributed by atoms with E-state index in [1.807, 2.05) is 0 Å². The Morgan fingerprint density at radius 2 is 1.71 bits per heavy atom. The van der Waals surface area contributed by atoms with Crippen LogP contribution in [-0.4, -0.2) is 54.7 Å². The van der Waals surface area contributed by atoms with Crippen molar-refractivity contribution >= 4 is 0 Å². The predicted octanol–water partition coefficient (Wildman–Crippen LogP) is 2.69. The molecule has 3 fully saturated rings. The van der Waals surface area contributed by atoms with E-state index in [0.717, 1.165) is 19.3 Å². The molecule has 114 valence electrons. The van der Waals surface area contributed by atoms with Gasteiger partial charge in [0.25, 0.3) is 0 Å². The third kappa shape index (κ3) is 2.75. The van der Waals surface area contributed by atoms with Gasteiger partial charge in [-0.3, -0.25) is 9.80 Å². The van der Waals surface area contributed by atoms with Crippen LogP contribution in [0.1, 0.15) is 37.3 Å². The van der Waals surface area contributed by atoms with Crippen molar-refractivity contribution in [3.8, 4) is 0 Å². The lowest BCUT2D eigenvalue weighted by atomic mass is 9.95. The highest BCUT2D eigenvalue weighted by Crippen LogP contribution is 2.35. The number of hydrogen-bond donors (Lipinski definition) is 0. The van der Waals surface area contributed by atoms with Crippen molar-refractivity contribution in [1.29, 1.82) is 0 Å². The average Bonchev–Trinajstić information content (AvgIpc) is 3.03. The molecule has 0 N–H and O–H groups in total.